The second-order valence-electron chi connectivity index (χ2n) is 6.87. The lowest BCUT2D eigenvalue weighted by Crippen LogP contribution is -2.36. The number of amides is 1. The van der Waals surface area contributed by atoms with Crippen LogP contribution in [0, 0.1) is 0 Å². The Morgan fingerprint density at radius 2 is 1.93 bits per heavy atom. The van der Waals surface area contributed by atoms with Crippen LogP contribution in [0.25, 0.3) is 0 Å². The van der Waals surface area contributed by atoms with Crippen molar-refractivity contribution in [2.45, 2.75) is 18.9 Å². The summed E-state index contributed by atoms with van der Waals surface area (Å²) < 4.78 is 10.8. The van der Waals surface area contributed by atoms with Crippen LogP contribution in [0.5, 0.6) is 11.5 Å². The van der Waals surface area contributed by atoms with Gasteiger partial charge in [0.25, 0.3) is 5.91 Å². The maximum Gasteiger partial charge on any atom is 0.251 e. The number of hydrogen-bond donors (Lipinski definition) is 1. The fraction of sp³-hybridized carbons (Fsp3) is 0.348. The Balaban J connectivity index is 1.67. The Bertz CT molecular complexity index is 783. The number of carbonyl (C=O) groups is 1. The molecule has 28 heavy (non-hydrogen) atoms. The normalized spacial score (nSPS) is 15.0. The Morgan fingerprint density at radius 1 is 1.18 bits per heavy atom. The molecule has 1 heterocycles. The van der Waals surface area contributed by atoms with Gasteiger partial charge in [-0.3, -0.25) is 9.69 Å². The van der Waals surface area contributed by atoms with E-state index in [0.29, 0.717) is 18.7 Å². The number of hydrogen-bond acceptors (Lipinski definition) is 4. The summed E-state index contributed by atoms with van der Waals surface area (Å²) in [5, 5.41) is 3.10. The lowest BCUT2D eigenvalue weighted by atomic mass is 10.0. The van der Waals surface area contributed by atoms with Gasteiger partial charge in [0, 0.05) is 12.1 Å². The standard InChI is InChI=1S/C23H28N2O3/c1-3-15-28-20-11-9-18(10-12-20)23(26)24-17-22(25-13-4-5-14-25)19-7-6-8-21(16-19)27-2/h3,6-12,16,22H,1,4-5,13-15,17H2,2H3,(H,24,26)/t22-/m1/s1. The molecule has 5 nitrogen and oxygen atoms in total. The van der Waals surface area contributed by atoms with E-state index < -0.39 is 0 Å². The van der Waals surface area contributed by atoms with E-state index in [0.717, 1.165) is 30.2 Å². The van der Waals surface area contributed by atoms with Crippen LogP contribution >= 0.6 is 0 Å². The van der Waals surface area contributed by atoms with Gasteiger partial charge >= 0.3 is 0 Å². The monoisotopic (exact) mass is 380 g/mol. The van der Waals surface area contributed by atoms with Crippen LogP contribution < -0.4 is 14.8 Å². The summed E-state index contributed by atoms with van der Waals surface area (Å²) in [6.07, 6.45) is 4.08. The number of carbonyl (C=O) groups excluding carboxylic acids is 1. The van der Waals surface area contributed by atoms with Crippen molar-refractivity contribution in [3.8, 4) is 11.5 Å². The van der Waals surface area contributed by atoms with E-state index in [2.05, 4.69) is 28.9 Å². The minimum Gasteiger partial charge on any atom is -0.497 e. The quantitative estimate of drug-likeness (QED) is 0.672. The molecule has 0 saturated carbocycles. The Hall–Kier alpha value is -2.79. The van der Waals surface area contributed by atoms with Crippen molar-refractivity contribution in [1.82, 2.24) is 10.2 Å². The number of ether oxygens (including phenoxy) is 2. The molecule has 1 amide bonds. The number of benzene rings is 2. The van der Waals surface area contributed by atoms with E-state index in [1.807, 2.05) is 12.1 Å². The molecular formula is C23H28N2O3. The molecule has 148 valence electrons. The van der Waals surface area contributed by atoms with Crippen molar-refractivity contribution in [1.29, 1.82) is 0 Å². The largest absolute Gasteiger partial charge is 0.497 e. The van der Waals surface area contributed by atoms with E-state index >= 15 is 0 Å². The smallest absolute Gasteiger partial charge is 0.251 e. The number of likely N-dealkylation sites (tertiary alicyclic amines) is 1. The lowest BCUT2D eigenvalue weighted by Gasteiger charge is -2.28. The van der Waals surface area contributed by atoms with E-state index in [9.17, 15) is 4.79 Å². The van der Waals surface area contributed by atoms with Gasteiger partial charge < -0.3 is 14.8 Å². The second kappa shape index (κ2) is 9.95. The Morgan fingerprint density at radius 3 is 2.61 bits per heavy atom. The first-order chi connectivity index (χ1) is 13.7. The maximum atomic E-state index is 12.6. The molecule has 0 spiro atoms. The molecule has 0 bridgehead atoms. The van der Waals surface area contributed by atoms with Crippen LogP contribution in [0.15, 0.2) is 61.2 Å². The van der Waals surface area contributed by atoms with Crippen molar-refractivity contribution in [2.24, 2.45) is 0 Å². The highest BCUT2D eigenvalue weighted by atomic mass is 16.5. The molecule has 0 aromatic heterocycles. The average Bonchev–Trinajstić information content (AvgIpc) is 3.27. The molecule has 1 aliphatic rings. The van der Waals surface area contributed by atoms with Gasteiger partial charge in [-0.2, -0.15) is 0 Å². The molecule has 5 heteroatoms. The molecule has 3 rings (SSSR count). The third kappa shape index (κ3) is 5.14. The second-order valence-corrected chi connectivity index (χ2v) is 6.87. The summed E-state index contributed by atoms with van der Waals surface area (Å²) in [6, 6.07) is 15.4. The van der Waals surface area contributed by atoms with Gasteiger partial charge in [0.1, 0.15) is 18.1 Å². The minimum atomic E-state index is -0.0811. The number of rotatable bonds is 9. The molecule has 2 aromatic rings. The average molecular weight is 380 g/mol. The van der Waals surface area contributed by atoms with Gasteiger partial charge in [0.2, 0.25) is 0 Å². The third-order valence-corrected chi connectivity index (χ3v) is 5.00. The van der Waals surface area contributed by atoms with Crippen LogP contribution in [0.1, 0.15) is 34.8 Å². The van der Waals surface area contributed by atoms with Crippen LogP contribution in [-0.4, -0.2) is 44.2 Å². The first-order valence-electron chi connectivity index (χ1n) is 9.71. The molecule has 0 aliphatic carbocycles. The van der Waals surface area contributed by atoms with Crippen LogP contribution in [0.4, 0.5) is 0 Å². The van der Waals surface area contributed by atoms with Gasteiger partial charge in [0.15, 0.2) is 0 Å². The molecular weight excluding hydrogens is 352 g/mol. The zero-order valence-corrected chi connectivity index (χ0v) is 16.4. The highest BCUT2D eigenvalue weighted by molar-refractivity contribution is 5.94. The van der Waals surface area contributed by atoms with Crippen LogP contribution in [0.3, 0.4) is 0 Å². The number of nitrogens with one attached hydrogen (secondary N) is 1. The summed E-state index contributed by atoms with van der Waals surface area (Å²) in [5.41, 5.74) is 1.78. The van der Waals surface area contributed by atoms with E-state index in [1.54, 1.807) is 37.5 Å². The summed E-state index contributed by atoms with van der Waals surface area (Å²) in [7, 11) is 1.67. The summed E-state index contributed by atoms with van der Waals surface area (Å²) in [5.74, 6) is 1.48. The van der Waals surface area contributed by atoms with E-state index in [4.69, 9.17) is 9.47 Å². The van der Waals surface area contributed by atoms with E-state index in [-0.39, 0.29) is 11.9 Å². The molecule has 2 aromatic carbocycles. The predicted molar refractivity (Wildman–Crippen MR) is 111 cm³/mol. The zero-order valence-electron chi connectivity index (χ0n) is 16.4. The SMILES string of the molecule is C=CCOc1ccc(C(=O)NC[C@H](c2cccc(OC)c2)N2CCCC2)cc1. The van der Waals surface area contributed by atoms with Crippen LogP contribution in [-0.2, 0) is 0 Å². The summed E-state index contributed by atoms with van der Waals surface area (Å²) in [4.78, 5) is 15.1. The minimum absolute atomic E-state index is 0.0811. The number of methoxy groups -OCH3 is 1. The van der Waals surface area contributed by atoms with Crippen molar-refractivity contribution in [3.63, 3.8) is 0 Å². The molecule has 1 atom stereocenters. The van der Waals surface area contributed by atoms with Gasteiger partial charge in [0.05, 0.1) is 13.2 Å². The fourth-order valence-corrected chi connectivity index (χ4v) is 3.51. The van der Waals surface area contributed by atoms with Crippen molar-refractivity contribution < 1.29 is 14.3 Å². The Kier molecular flexibility index (Phi) is 7.09. The first-order valence-corrected chi connectivity index (χ1v) is 9.71. The van der Waals surface area contributed by atoms with Gasteiger partial charge in [-0.25, -0.2) is 0 Å². The first kappa shape index (κ1) is 20.0. The van der Waals surface area contributed by atoms with Crippen molar-refractivity contribution in [2.75, 3.05) is 33.4 Å². The molecule has 1 saturated heterocycles. The topological polar surface area (TPSA) is 50.8 Å². The van der Waals surface area contributed by atoms with E-state index in [1.165, 1.54) is 12.8 Å². The highest BCUT2D eigenvalue weighted by Crippen LogP contribution is 2.27. The van der Waals surface area contributed by atoms with Gasteiger partial charge in [-0.15, -0.1) is 0 Å². The van der Waals surface area contributed by atoms with Gasteiger partial charge in [-0.05, 0) is 67.9 Å². The maximum absolute atomic E-state index is 12.6. The fourth-order valence-electron chi connectivity index (χ4n) is 3.51. The lowest BCUT2D eigenvalue weighted by molar-refractivity contribution is 0.0938. The molecule has 0 unspecified atom stereocenters. The molecule has 1 fully saturated rings. The molecule has 1 N–H and O–H groups in total. The van der Waals surface area contributed by atoms with Crippen molar-refractivity contribution in [3.05, 3.63) is 72.3 Å². The van der Waals surface area contributed by atoms with Gasteiger partial charge in [-0.1, -0.05) is 24.8 Å². The number of nitrogens with zero attached hydrogens (tertiary/aromatic N) is 1. The van der Waals surface area contributed by atoms with Crippen LogP contribution in [0.2, 0.25) is 0 Å². The Labute approximate surface area is 167 Å². The predicted octanol–water partition coefficient (Wildman–Crippen LogP) is 3.83. The third-order valence-electron chi connectivity index (χ3n) is 5.00. The van der Waals surface area contributed by atoms with Crippen molar-refractivity contribution >= 4 is 5.91 Å². The molecule has 1 aliphatic heterocycles. The molecule has 0 radical (unpaired) electrons. The summed E-state index contributed by atoms with van der Waals surface area (Å²) >= 11 is 0. The zero-order chi connectivity index (χ0) is 19.8. The highest BCUT2D eigenvalue weighted by Gasteiger charge is 2.24. The summed E-state index contributed by atoms with van der Waals surface area (Å²) in [6.45, 7) is 6.73.